The Bertz CT molecular complexity index is 249. The molecule has 13 heavy (non-hydrogen) atoms. The van der Waals surface area contributed by atoms with Crippen LogP contribution in [-0.4, -0.2) is 28.3 Å². The zero-order valence-corrected chi connectivity index (χ0v) is 8.12. The van der Waals surface area contributed by atoms with E-state index < -0.39 is 23.1 Å². The number of ether oxygens (including phenoxy) is 1. The Labute approximate surface area is 76.4 Å². The maximum Gasteiger partial charge on any atom is 0.364 e. The Morgan fingerprint density at radius 1 is 1.31 bits per heavy atom. The van der Waals surface area contributed by atoms with Crippen molar-refractivity contribution in [1.82, 2.24) is 0 Å². The van der Waals surface area contributed by atoms with Crippen LogP contribution in [0.25, 0.3) is 0 Å². The number of Topliss-reactive ketones (excluding diaryl/α,β-unsaturated/α-hetero) is 1. The van der Waals surface area contributed by atoms with Crippen LogP contribution in [0.5, 0.6) is 0 Å². The summed E-state index contributed by atoms with van der Waals surface area (Å²) in [6.45, 7) is 6.08. The number of oxime groups is 1. The number of nitrogens with zero attached hydrogens (tertiary/aromatic N) is 1. The lowest BCUT2D eigenvalue weighted by Gasteiger charge is -2.18. The second-order valence-electron chi connectivity index (χ2n) is 3.51. The molecule has 0 aromatic carbocycles. The summed E-state index contributed by atoms with van der Waals surface area (Å²) in [6.07, 6.45) is 0. The number of ketones is 1. The molecule has 0 atom stereocenters. The van der Waals surface area contributed by atoms with Crippen LogP contribution in [-0.2, 0) is 14.3 Å². The van der Waals surface area contributed by atoms with Crippen molar-refractivity contribution in [2.75, 3.05) is 0 Å². The average Bonchev–Trinajstić information content (AvgIpc) is 1.82. The third kappa shape index (κ3) is 4.25. The SMILES string of the molecule is CC(=O)/C(=N/O)C(=O)OC(C)(C)C. The van der Waals surface area contributed by atoms with E-state index in [0.29, 0.717) is 0 Å². The first-order valence-corrected chi connectivity index (χ1v) is 3.74. The number of hydrogen-bond donors (Lipinski definition) is 1. The van der Waals surface area contributed by atoms with E-state index in [-0.39, 0.29) is 0 Å². The fraction of sp³-hybridized carbons (Fsp3) is 0.625. The minimum absolute atomic E-state index is 0.588. The molecule has 0 aliphatic heterocycles. The standard InChI is InChI=1S/C8H13NO4/c1-5(10)6(9-12)7(11)13-8(2,3)4/h12H,1-4H3/b9-6-. The number of carbonyl (C=O) groups excluding carboxylic acids is 2. The van der Waals surface area contributed by atoms with Crippen LogP contribution in [0, 0.1) is 0 Å². The monoisotopic (exact) mass is 187 g/mol. The Hall–Kier alpha value is -1.39. The average molecular weight is 187 g/mol. The maximum absolute atomic E-state index is 11.1. The molecule has 1 N–H and O–H groups in total. The lowest BCUT2D eigenvalue weighted by molar-refractivity contribution is -0.146. The van der Waals surface area contributed by atoms with Gasteiger partial charge in [-0.1, -0.05) is 5.16 Å². The molecule has 74 valence electrons. The quantitative estimate of drug-likeness (QED) is 0.227. The predicted octanol–water partition coefficient (Wildman–Crippen LogP) is 0.747. The van der Waals surface area contributed by atoms with Gasteiger partial charge in [0.25, 0.3) is 0 Å². The molecule has 0 fully saturated rings. The summed E-state index contributed by atoms with van der Waals surface area (Å²) in [5, 5.41) is 10.9. The number of rotatable bonds is 2. The van der Waals surface area contributed by atoms with Gasteiger partial charge in [-0.3, -0.25) is 4.79 Å². The van der Waals surface area contributed by atoms with Gasteiger partial charge < -0.3 is 9.94 Å². The molecule has 0 aliphatic rings. The van der Waals surface area contributed by atoms with E-state index in [2.05, 4.69) is 5.16 Å². The summed E-state index contributed by atoms with van der Waals surface area (Å²) < 4.78 is 4.80. The van der Waals surface area contributed by atoms with Gasteiger partial charge in [0.2, 0.25) is 5.71 Å². The molecule has 5 nitrogen and oxygen atoms in total. The van der Waals surface area contributed by atoms with E-state index in [1.165, 1.54) is 0 Å². The molecule has 0 heterocycles. The molecule has 0 unspecified atom stereocenters. The largest absolute Gasteiger partial charge is 0.455 e. The van der Waals surface area contributed by atoms with Crippen molar-refractivity contribution in [2.45, 2.75) is 33.3 Å². The van der Waals surface area contributed by atoms with E-state index in [0.717, 1.165) is 6.92 Å². The minimum Gasteiger partial charge on any atom is -0.455 e. The van der Waals surface area contributed by atoms with E-state index >= 15 is 0 Å². The molecule has 0 aliphatic carbocycles. The summed E-state index contributed by atoms with van der Waals surface area (Å²) in [6, 6.07) is 0. The smallest absolute Gasteiger partial charge is 0.364 e. The number of carbonyl (C=O) groups is 2. The summed E-state index contributed by atoms with van der Waals surface area (Å²) in [5.41, 5.74) is -1.29. The maximum atomic E-state index is 11.1. The highest BCUT2D eigenvalue weighted by molar-refractivity contribution is 6.63. The van der Waals surface area contributed by atoms with Crippen molar-refractivity contribution in [3.8, 4) is 0 Å². The zero-order chi connectivity index (χ0) is 10.6. The lowest BCUT2D eigenvalue weighted by Crippen LogP contribution is -2.32. The lowest BCUT2D eigenvalue weighted by atomic mass is 10.2. The molecule has 0 saturated carbocycles. The summed E-state index contributed by atoms with van der Waals surface area (Å²) in [5.74, 6) is -1.54. The van der Waals surface area contributed by atoms with Gasteiger partial charge in [0.15, 0.2) is 5.78 Å². The van der Waals surface area contributed by atoms with Gasteiger partial charge in [-0.25, -0.2) is 4.79 Å². The van der Waals surface area contributed by atoms with Crippen molar-refractivity contribution < 1.29 is 19.5 Å². The molecule has 0 saturated heterocycles. The first-order chi connectivity index (χ1) is 5.78. The summed E-state index contributed by atoms with van der Waals surface area (Å²) in [4.78, 5) is 21.8. The molecule has 0 aromatic rings. The number of esters is 1. The molecular weight excluding hydrogens is 174 g/mol. The molecule has 0 amide bonds. The van der Waals surface area contributed by atoms with Crippen LogP contribution < -0.4 is 0 Å². The Kier molecular flexibility index (Phi) is 3.59. The van der Waals surface area contributed by atoms with Crippen LogP contribution >= 0.6 is 0 Å². The van der Waals surface area contributed by atoms with E-state index in [1.807, 2.05) is 0 Å². The van der Waals surface area contributed by atoms with Crippen LogP contribution in [0.15, 0.2) is 5.16 Å². The highest BCUT2D eigenvalue weighted by Gasteiger charge is 2.24. The molecule has 0 rings (SSSR count). The van der Waals surface area contributed by atoms with Gasteiger partial charge in [-0.2, -0.15) is 0 Å². The molecule has 5 heteroatoms. The van der Waals surface area contributed by atoms with Gasteiger partial charge in [0, 0.05) is 6.92 Å². The van der Waals surface area contributed by atoms with Crippen molar-refractivity contribution in [2.24, 2.45) is 5.16 Å². The Morgan fingerprint density at radius 2 is 1.77 bits per heavy atom. The van der Waals surface area contributed by atoms with Crippen molar-refractivity contribution in [3.05, 3.63) is 0 Å². The third-order valence-electron chi connectivity index (χ3n) is 1.03. The Balaban J connectivity index is 4.52. The van der Waals surface area contributed by atoms with Crippen molar-refractivity contribution in [1.29, 1.82) is 0 Å². The van der Waals surface area contributed by atoms with E-state index in [9.17, 15) is 9.59 Å². The molecule has 0 spiro atoms. The van der Waals surface area contributed by atoms with Gasteiger partial charge >= 0.3 is 5.97 Å². The van der Waals surface area contributed by atoms with E-state index in [4.69, 9.17) is 9.94 Å². The fourth-order valence-electron chi connectivity index (χ4n) is 0.581. The van der Waals surface area contributed by atoms with Gasteiger partial charge in [-0.15, -0.1) is 0 Å². The molecule has 0 radical (unpaired) electrons. The summed E-state index contributed by atoms with van der Waals surface area (Å²) in [7, 11) is 0. The Morgan fingerprint density at radius 3 is 2.00 bits per heavy atom. The predicted molar refractivity (Wildman–Crippen MR) is 45.7 cm³/mol. The highest BCUT2D eigenvalue weighted by Crippen LogP contribution is 2.07. The first-order valence-electron chi connectivity index (χ1n) is 3.74. The zero-order valence-electron chi connectivity index (χ0n) is 8.12. The highest BCUT2D eigenvalue weighted by atomic mass is 16.6. The molecule has 0 aromatic heterocycles. The van der Waals surface area contributed by atoms with Gasteiger partial charge in [0.05, 0.1) is 0 Å². The number of hydrogen-bond acceptors (Lipinski definition) is 5. The second kappa shape index (κ2) is 4.02. The first kappa shape index (κ1) is 11.6. The third-order valence-corrected chi connectivity index (χ3v) is 1.03. The van der Waals surface area contributed by atoms with Gasteiger partial charge in [-0.05, 0) is 20.8 Å². The van der Waals surface area contributed by atoms with E-state index in [1.54, 1.807) is 20.8 Å². The van der Waals surface area contributed by atoms with Crippen molar-refractivity contribution >= 4 is 17.5 Å². The van der Waals surface area contributed by atoms with Crippen LogP contribution in [0.4, 0.5) is 0 Å². The normalized spacial score (nSPS) is 12.5. The topological polar surface area (TPSA) is 76.0 Å². The van der Waals surface area contributed by atoms with Crippen LogP contribution in [0.2, 0.25) is 0 Å². The van der Waals surface area contributed by atoms with Crippen LogP contribution in [0.1, 0.15) is 27.7 Å². The molecular formula is C8H13NO4. The summed E-state index contributed by atoms with van der Waals surface area (Å²) >= 11 is 0. The minimum atomic E-state index is -0.914. The fourth-order valence-corrected chi connectivity index (χ4v) is 0.581. The van der Waals surface area contributed by atoms with Crippen LogP contribution in [0.3, 0.4) is 0 Å². The van der Waals surface area contributed by atoms with Gasteiger partial charge in [0.1, 0.15) is 5.60 Å². The molecule has 0 bridgehead atoms. The second-order valence-corrected chi connectivity index (χ2v) is 3.51. The van der Waals surface area contributed by atoms with Crippen molar-refractivity contribution in [3.63, 3.8) is 0 Å².